The van der Waals surface area contributed by atoms with Gasteiger partial charge in [-0.25, -0.2) is 0 Å². The topological polar surface area (TPSA) is 12.0 Å². The van der Waals surface area contributed by atoms with E-state index >= 15 is 0 Å². The van der Waals surface area contributed by atoms with Crippen LogP contribution in [0.2, 0.25) is 0 Å². The minimum Gasteiger partial charge on any atom is -0.355 e. The van der Waals surface area contributed by atoms with Crippen molar-refractivity contribution in [3.63, 3.8) is 0 Å². The van der Waals surface area contributed by atoms with Crippen LogP contribution in [-0.4, -0.2) is 12.4 Å². The van der Waals surface area contributed by atoms with Crippen molar-refractivity contribution in [1.29, 1.82) is 0 Å². The highest BCUT2D eigenvalue weighted by atomic mass is 19.4. The first-order valence-electron chi connectivity index (χ1n) is 7.03. The largest absolute Gasteiger partial charge is 0.406 e. The zero-order valence-electron chi connectivity index (χ0n) is 12.9. The molecule has 0 saturated heterocycles. The van der Waals surface area contributed by atoms with Gasteiger partial charge in [0.05, 0.1) is 0 Å². The van der Waals surface area contributed by atoms with Gasteiger partial charge in [0.2, 0.25) is 0 Å². The van der Waals surface area contributed by atoms with Gasteiger partial charge in [0.25, 0.3) is 0 Å². The average Bonchev–Trinajstić information content (AvgIpc) is 2.47. The van der Waals surface area contributed by atoms with Gasteiger partial charge in [0.1, 0.15) is 0 Å². The zero-order valence-corrected chi connectivity index (χ0v) is 12.9. The highest BCUT2D eigenvalue weighted by Crippen LogP contribution is 2.52. The van der Waals surface area contributed by atoms with E-state index in [2.05, 4.69) is 5.32 Å². The summed E-state index contributed by atoms with van der Waals surface area (Å²) >= 11 is 0. The van der Waals surface area contributed by atoms with Crippen LogP contribution in [0, 0.1) is 6.92 Å². The van der Waals surface area contributed by atoms with Crippen LogP contribution in [0.5, 0.6) is 0 Å². The van der Waals surface area contributed by atoms with Gasteiger partial charge in [0, 0.05) is 11.4 Å². The van der Waals surface area contributed by atoms with Crippen molar-refractivity contribution in [1.82, 2.24) is 0 Å². The smallest absolute Gasteiger partial charge is 0.355 e. The number of aryl methyl sites for hydroxylation is 1. The Morgan fingerprint density at radius 1 is 0.792 bits per heavy atom. The van der Waals surface area contributed by atoms with Crippen molar-refractivity contribution < 1.29 is 26.3 Å². The second-order valence-electron chi connectivity index (χ2n) is 5.64. The molecule has 2 rings (SSSR count). The summed E-state index contributed by atoms with van der Waals surface area (Å²) in [7, 11) is 0. The van der Waals surface area contributed by atoms with Crippen LogP contribution in [0.1, 0.15) is 18.1 Å². The molecule has 2 aromatic rings. The molecule has 0 unspecified atom stereocenters. The Kier molecular flexibility index (Phi) is 4.57. The second kappa shape index (κ2) is 6.03. The molecule has 0 heterocycles. The molecule has 0 aliphatic rings. The van der Waals surface area contributed by atoms with Crippen LogP contribution < -0.4 is 5.32 Å². The lowest BCUT2D eigenvalue weighted by molar-refractivity contribution is -0.297. The lowest BCUT2D eigenvalue weighted by atomic mass is 9.80. The van der Waals surface area contributed by atoms with Gasteiger partial charge in [-0.05, 0) is 43.2 Å². The normalized spacial score (nSPS) is 13.0. The van der Waals surface area contributed by atoms with Crippen molar-refractivity contribution in [2.24, 2.45) is 0 Å². The van der Waals surface area contributed by atoms with Crippen LogP contribution in [0.25, 0.3) is 0 Å². The van der Waals surface area contributed by atoms with E-state index < -0.39 is 23.3 Å². The number of nitrogens with one attached hydrogen (secondary N) is 1. The molecule has 0 aromatic heterocycles. The summed E-state index contributed by atoms with van der Waals surface area (Å²) in [5.41, 5.74) is -3.34. The molecule has 7 heteroatoms. The maximum absolute atomic E-state index is 13.1. The van der Waals surface area contributed by atoms with Crippen molar-refractivity contribution >= 4 is 11.4 Å². The first-order chi connectivity index (χ1) is 11.0. The Labute approximate surface area is 135 Å². The molecule has 0 bridgehead atoms. The number of rotatable bonds is 3. The molecule has 2 aromatic carbocycles. The highest BCUT2D eigenvalue weighted by molar-refractivity contribution is 5.63. The van der Waals surface area contributed by atoms with Gasteiger partial charge in [-0.15, -0.1) is 0 Å². The van der Waals surface area contributed by atoms with Crippen molar-refractivity contribution in [3.05, 3.63) is 59.7 Å². The minimum atomic E-state index is -5.45. The van der Waals surface area contributed by atoms with Crippen LogP contribution >= 0.6 is 0 Å². The fraction of sp³-hybridized carbons (Fsp3) is 0.294. The molecule has 0 aliphatic carbocycles. The molecular weight excluding hydrogens is 332 g/mol. The molecule has 1 N–H and O–H groups in total. The van der Waals surface area contributed by atoms with Crippen LogP contribution in [0.15, 0.2) is 48.5 Å². The number of halogens is 6. The molecule has 0 amide bonds. The predicted octanol–water partition coefficient (Wildman–Crippen LogP) is 6.12. The molecule has 0 radical (unpaired) electrons. The van der Waals surface area contributed by atoms with Gasteiger partial charge in [-0.3, -0.25) is 0 Å². The van der Waals surface area contributed by atoms with E-state index in [1.807, 2.05) is 0 Å². The standard InChI is InChI=1S/C17H15F6N/c1-11-10-12(15(2,16(18,19)20)17(21,22)23)8-9-14(11)24-13-6-4-3-5-7-13/h3-10,24H,1-2H3. The highest BCUT2D eigenvalue weighted by Gasteiger charge is 2.68. The van der Waals surface area contributed by atoms with E-state index in [0.717, 1.165) is 12.1 Å². The van der Waals surface area contributed by atoms with E-state index in [9.17, 15) is 26.3 Å². The summed E-state index contributed by atoms with van der Waals surface area (Å²) in [6.07, 6.45) is -10.9. The summed E-state index contributed by atoms with van der Waals surface area (Å²) in [6, 6.07) is 11.8. The third-order valence-electron chi connectivity index (χ3n) is 3.99. The Morgan fingerprint density at radius 3 is 1.79 bits per heavy atom. The number of alkyl halides is 6. The Morgan fingerprint density at radius 2 is 1.33 bits per heavy atom. The molecule has 0 spiro atoms. The molecule has 0 atom stereocenters. The molecule has 0 saturated carbocycles. The third kappa shape index (κ3) is 3.20. The summed E-state index contributed by atoms with van der Waals surface area (Å²) in [4.78, 5) is 0. The first-order valence-corrected chi connectivity index (χ1v) is 7.03. The van der Waals surface area contributed by atoms with Gasteiger partial charge in [-0.2, -0.15) is 26.3 Å². The number of anilines is 2. The fourth-order valence-electron chi connectivity index (χ4n) is 2.28. The zero-order chi connectivity index (χ0) is 18.2. The SMILES string of the molecule is Cc1cc(C(C)(C(F)(F)F)C(F)(F)F)ccc1Nc1ccccc1. The lowest BCUT2D eigenvalue weighted by Crippen LogP contribution is -2.51. The quantitative estimate of drug-likeness (QED) is 0.660. The minimum absolute atomic E-state index is 0.159. The molecule has 1 nitrogen and oxygen atoms in total. The molecule has 130 valence electrons. The number of hydrogen-bond acceptors (Lipinski definition) is 1. The van der Waals surface area contributed by atoms with Crippen LogP contribution in [0.3, 0.4) is 0 Å². The molecule has 0 fully saturated rings. The van der Waals surface area contributed by atoms with E-state index in [1.165, 1.54) is 13.0 Å². The number of hydrogen-bond donors (Lipinski definition) is 1. The predicted molar refractivity (Wildman–Crippen MR) is 80.4 cm³/mol. The monoisotopic (exact) mass is 347 g/mol. The summed E-state index contributed by atoms with van der Waals surface area (Å²) in [6.45, 7) is 1.62. The Bertz CT molecular complexity index is 689. The Hall–Kier alpha value is -2.18. The number of para-hydroxylation sites is 1. The molecule has 24 heavy (non-hydrogen) atoms. The lowest BCUT2D eigenvalue weighted by Gasteiger charge is -2.34. The van der Waals surface area contributed by atoms with Gasteiger partial charge >= 0.3 is 12.4 Å². The van der Waals surface area contributed by atoms with E-state index in [0.29, 0.717) is 11.4 Å². The molecular formula is C17H15F6N. The fourth-order valence-corrected chi connectivity index (χ4v) is 2.28. The first kappa shape index (κ1) is 18.2. The van der Waals surface area contributed by atoms with Crippen molar-refractivity contribution in [3.8, 4) is 0 Å². The van der Waals surface area contributed by atoms with Crippen LogP contribution in [-0.2, 0) is 5.41 Å². The maximum Gasteiger partial charge on any atom is 0.406 e. The third-order valence-corrected chi connectivity index (χ3v) is 3.99. The van der Waals surface area contributed by atoms with Gasteiger partial charge < -0.3 is 5.32 Å². The average molecular weight is 347 g/mol. The van der Waals surface area contributed by atoms with Gasteiger partial charge in [0.15, 0.2) is 5.41 Å². The molecule has 0 aliphatic heterocycles. The summed E-state index contributed by atoms with van der Waals surface area (Å²) in [5, 5.41) is 2.97. The second-order valence-corrected chi connectivity index (χ2v) is 5.64. The maximum atomic E-state index is 13.1. The van der Waals surface area contributed by atoms with Crippen LogP contribution in [0.4, 0.5) is 37.7 Å². The van der Waals surface area contributed by atoms with E-state index in [-0.39, 0.29) is 12.5 Å². The summed E-state index contributed by atoms with van der Waals surface area (Å²) < 4.78 is 78.8. The summed E-state index contributed by atoms with van der Waals surface area (Å²) in [5.74, 6) is 0. The van der Waals surface area contributed by atoms with Crippen molar-refractivity contribution in [2.75, 3.05) is 5.32 Å². The van der Waals surface area contributed by atoms with E-state index in [1.54, 1.807) is 30.3 Å². The van der Waals surface area contributed by atoms with E-state index in [4.69, 9.17) is 0 Å². The van der Waals surface area contributed by atoms with Gasteiger partial charge in [-0.1, -0.05) is 30.3 Å². The number of benzene rings is 2. The Balaban J connectivity index is 2.44. The van der Waals surface area contributed by atoms with Crippen molar-refractivity contribution in [2.45, 2.75) is 31.6 Å².